The number of phenolic OH excluding ortho intramolecular Hbond substituents is 1. The summed E-state index contributed by atoms with van der Waals surface area (Å²) < 4.78 is 28.9. The highest BCUT2D eigenvalue weighted by Crippen LogP contribution is 2.47. The van der Waals surface area contributed by atoms with Crippen molar-refractivity contribution in [2.45, 2.75) is 101 Å². The minimum absolute atomic E-state index is 0.0157. The van der Waals surface area contributed by atoms with Crippen molar-refractivity contribution in [3.8, 4) is 11.5 Å². The van der Waals surface area contributed by atoms with E-state index in [0.29, 0.717) is 29.1 Å². The van der Waals surface area contributed by atoms with Crippen LogP contribution in [-0.2, 0) is 24.2 Å². The number of hydrogen-bond donors (Lipinski definition) is 4. The number of sulfone groups is 1. The van der Waals surface area contributed by atoms with E-state index < -0.39 is 51.4 Å². The number of aliphatic carboxylic acids is 1. The number of hydroxylamine groups is 1. The number of nitrogens with one attached hydrogen (secondary N) is 2. The predicted octanol–water partition coefficient (Wildman–Crippen LogP) is 7.61. The van der Waals surface area contributed by atoms with Crippen LogP contribution in [0.2, 0.25) is 0 Å². The first-order valence-corrected chi connectivity index (χ1v) is 21.2. The van der Waals surface area contributed by atoms with Crippen molar-refractivity contribution in [2.75, 3.05) is 23.5 Å². The second-order valence-electron chi connectivity index (χ2n) is 14.0. The number of amides is 2. The van der Waals surface area contributed by atoms with Gasteiger partial charge >= 0.3 is 5.97 Å². The Kier molecular flexibility index (Phi) is 14.6. The van der Waals surface area contributed by atoms with Gasteiger partial charge in [-0.3, -0.25) is 9.59 Å². The number of para-hydroxylation sites is 1. The summed E-state index contributed by atoms with van der Waals surface area (Å²) in [7, 11) is -3.84. The number of carboxylic acids is 1. The van der Waals surface area contributed by atoms with Crippen LogP contribution in [0.5, 0.6) is 11.5 Å². The Bertz CT molecular complexity index is 1810. The van der Waals surface area contributed by atoms with Gasteiger partial charge in [-0.25, -0.2) is 13.2 Å². The van der Waals surface area contributed by atoms with Gasteiger partial charge in [-0.15, -0.1) is 11.8 Å². The highest BCUT2D eigenvalue weighted by Gasteiger charge is 2.43. The molecule has 4 N–H and O–H groups in total. The molecule has 1 aliphatic heterocycles. The SMILES string of the molecule is CCCCC1(CCCC)CN(c2ccccc2)c2cc(SC)c(ONC(=O)CC(C(=O)NC(C(=O)O)C(C)CC)c3ccc(O)cc3)cc2S(=O)(=O)C1. The average Bonchev–Trinajstić information content (AvgIpc) is 3.24. The van der Waals surface area contributed by atoms with E-state index in [2.05, 4.69) is 29.5 Å². The lowest BCUT2D eigenvalue weighted by molar-refractivity contribution is -0.143. The molecular formula is C40H53N3O8S2. The van der Waals surface area contributed by atoms with Crippen molar-refractivity contribution in [2.24, 2.45) is 11.3 Å². The number of carboxylic acid groups (broad SMARTS) is 1. The molecule has 13 heteroatoms. The maximum Gasteiger partial charge on any atom is 0.326 e. The summed E-state index contributed by atoms with van der Waals surface area (Å²) in [6, 6.07) is 17.6. The molecule has 3 aromatic rings. The molecule has 2 amide bonds. The van der Waals surface area contributed by atoms with Gasteiger partial charge in [-0.1, -0.05) is 90.1 Å². The van der Waals surface area contributed by atoms with E-state index >= 15 is 0 Å². The van der Waals surface area contributed by atoms with Crippen molar-refractivity contribution in [1.29, 1.82) is 0 Å². The molecule has 3 aromatic carbocycles. The lowest BCUT2D eigenvalue weighted by Crippen LogP contribution is -2.47. The number of carbonyl (C=O) groups excluding carboxylic acids is 2. The number of fused-ring (bicyclic) bond motifs is 1. The largest absolute Gasteiger partial charge is 0.508 e. The van der Waals surface area contributed by atoms with Gasteiger partial charge in [-0.2, -0.15) is 5.48 Å². The number of carbonyl (C=O) groups is 3. The zero-order chi connectivity index (χ0) is 38.8. The Hall–Kier alpha value is -4.23. The van der Waals surface area contributed by atoms with E-state index in [1.807, 2.05) is 43.5 Å². The van der Waals surface area contributed by atoms with Crippen LogP contribution in [0, 0.1) is 11.3 Å². The van der Waals surface area contributed by atoms with Crippen molar-refractivity contribution < 1.29 is 37.9 Å². The van der Waals surface area contributed by atoms with Crippen LogP contribution in [0.4, 0.5) is 11.4 Å². The molecule has 0 radical (unpaired) electrons. The minimum atomic E-state index is -3.84. The fourth-order valence-electron chi connectivity index (χ4n) is 6.89. The van der Waals surface area contributed by atoms with Gasteiger partial charge in [0.1, 0.15) is 11.8 Å². The Morgan fingerprint density at radius 1 is 0.981 bits per heavy atom. The van der Waals surface area contributed by atoms with Gasteiger partial charge in [0.15, 0.2) is 15.6 Å². The highest BCUT2D eigenvalue weighted by molar-refractivity contribution is 7.98. The minimum Gasteiger partial charge on any atom is -0.508 e. The number of hydrogen-bond acceptors (Lipinski definition) is 9. The third-order valence-corrected chi connectivity index (χ3v) is 12.9. The van der Waals surface area contributed by atoms with Gasteiger partial charge in [0.25, 0.3) is 5.91 Å². The maximum atomic E-state index is 14.4. The molecule has 0 fully saturated rings. The van der Waals surface area contributed by atoms with Crippen molar-refractivity contribution >= 4 is 50.8 Å². The van der Waals surface area contributed by atoms with Crippen LogP contribution in [0.3, 0.4) is 0 Å². The van der Waals surface area contributed by atoms with Gasteiger partial charge in [0, 0.05) is 30.1 Å². The molecular weight excluding hydrogens is 715 g/mol. The summed E-state index contributed by atoms with van der Waals surface area (Å²) in [5, 5.41) is 22.2. The summed E-state index contributed by atoms with van der Waals surface area (Å²) >= 11 is 1.34. The Labute approximate surface area is 317 Å². The molecule has 0 saturated carbocycles. The summed E-state index contributed by atoms with van der Waals surface area (Å²) in [4.78, 5) is 47.7. The van der Waals surface area contributed by atoms with Gasteiger partial charge in [-0.05, 0) is 60.9 Å². The van der Waals surface area contributed by atoms with Crippen LogP contribution < -0.4 is 20.5 Å². The molecule has 288 valence electrons. The van der Waals surface area contributed by atoms with Crippen LogP contribution in [0.15, 0.2) is 76.5 Å². The molecule has 0 bridgehead atoms. The molecule has 0 aromatic heterocycles. The number of phenols is 1. The fraction of sp³-hybridized carbons (Fsp3) is 0.475. The van der Waals surface area contributed by atoms with Crippen molar-refractivity contribution in [3.63, 3.8) is 0 Å². The van der Waals surface area contributed by atoms with Crippen LogP contribution in [0.25, 0.3) is 0 Å². The van der Waals surface area contributed by atoms with E-state index in [-0.39, 0.29) is 28.1 Å². The quantitative estimate of drug-likeness (QED) is 0.0749. The van der Waals surface area contributed by atoms with Crippen LogP contribution in [-0.4, -0.2) is 61.0 Å². The third-order valence-electron chi connectivity index (χ3n) is 10.1. The van der Waals surface area contributed by atoms with E-state index in [1.165, 1.54) is 42.1 Å². The fourth-order valence-corrected chi connectivity index (χ4v) is 9.54. The van der Waals surface area contributed by atoms with Gasteiger partial charge in [0.2, 0.25) is 5.91 Å². The highest BCUT2D eigenvalue weighted by atomic mass is 32.2. The topological polar surface area (TPSA) is 162 Å². The second kappa shape index (κ2) is 18.7. The number of aromatic hydroxyl groups is 1. The lowest BCUT2D eigenvalue weighted by atomic mass is 9.79. The molecule has 0 spiro atoms. The third kappa shape index (κ3) is 10.5. The number of anilines is 2. The normalized spacial score (nSPS) is 16.4. The Balaban J connectivity index is 1.68. The zero-order valence-electron chi connectivity index (χ0n) is 31.3. The lowest BCUT2D eigenvalue weighted by Gasteiger charge is -2.37. The summed E-state index contributed by atoms with van der Waals surface area (Å²) in [6.07, 6.45) is 7.19. The van der Waals surface area contributed by atoms with Crippen molar-refractivity contribution in [3.05, 3.63) is 72.3 Å². The molecule has 3 atom stereocenters. The molecule has 11 nitrogen and oxygen atoms in total. The molecule has 53 heavy (non-hydrogen) atoms. The Morgan fingerprint density at radius 3 is 2.19 bits per heavy atom. The Morgan fingerprint density at radius 2 is 1.62 bits per heavy atom. The zero-order valence-corrected chi connectivity index (χ0v) is 32.9. The van der Waals surface area contributed by atoms with E-state index in [0.717, 1.165) is 44.2 Å². The van der Waals surface area contributed by atoms with Crippen LogP contribution in [0.1, 0.15) is 90.5 Å². The van der Waals surface area contributed by atoms with Gasteiger partial charge < -0.3 is 25.3 Å². The number of rotatable bonds is 18. The first-order chi connectivity index (χ1) is 25.3. The molecule has 3 unspecified atom stereocenters. The summed E-state index contributed by atoms with van der Waals surface area (Å²) in [5.74, 6) is -3.95. The van der Waals surface area contributed by atoms with E-state index in [4.69, 9.17) is 4.84 Å². The van der Waals surface area contributed by atoms with Crippen LogP contribution >= 0.6 is 11.8 Å². The maximum absolute atomic E-state index is 14.4. The number of nitrogens with zero attached hydrogens (tertiary/aromatic N) is 1. The number of thioether (sulfide) groups is 1. The second-order valence-corrected chi connectivity index (χ2v) is 16.9. The molecule has 0 saturated heterocycles. The summed E-state index contributed by atoms with van der Waals surface area (Å²) in [6.45, 7) is 8.30. The first-order valence-electron chi connectivity index (χ1n) is 18.3. The molecule has 1 aliphatic rings. The number of unbranched alkanes of at least 4 members (excludes halogenated alkanes) is 2. The molecule has 0 aliphatic carbocycles. The predicted molar refractivity (Wildman–Crippen MR) is 208 cm³/mol. The summed E-state index contributed by atoms with van der Waals surface area (Å²) in [5.41, 5.74) is 3.75. The van der Waals surface area contributed by atoms with E-state index in [1.54, 1.807) is 13.0 Å². The monoisotopic (exact) mass is 767 g/mol. The first kappa shape index (κ1) is 41.5. The number of benzene rings is 3. The standard InChI is InChI=1S/C40H53N3O8S2/c1-6-9-20-40(21-10-7-2)25-43(29-14-12-11-13-15-29)32-23-34(52-5)33(24-35(32)53(49,50)26-40)51-42-36(45)22-31(28-16-18-30(44)19-17-28)38(46)41-37(39(47)48)27(4)8-3/h11-19,23-24,27,31,37,44H,6-10,20-22,25-26H2,1-5H3,(H,41,46)(H,42,45)(H,47,48). The van der Waals surface area contributed by atoms with Crippen molar-refractivity contribution in [1.82, 2.24) is 10.8 Å². The smallest absolute Gasteiger partial charge is 0.326 e. The average molecular weight is 768 g/mol. The van der Waals surface area contributed by atoms with E-state index in [9.17, 15) is 33.0 Å². The van der Waals surface area contributed by atoms with Gasteiger partial charge in [0.05, 0.1) is 27.1 Å². The molecule has 4 rings (SSSR count). The molecule has 1 heterocycles.